The molecule has 7 rings (SSSR count). The number of anilines is 1. The van der Waals surface area contributed by atoms with E-state index in [2.05, 4.69) is 59.1 Å². The van der Waals surface area contributed by atoms with Crippen LogP contribution in [0.1, 0.15) is 90.3 Å². The lowest BCUT2D eigenvalue weighted by Gasteiger charge is -2.26. The fraction of sp³-hybridized carbons (Fsp3) is 0.444. The second-order valence-electron chi connectivity index (χ2n) is 15.8. The van der Waals surface area contributed by atoms with Gasteiger partial charge in [-0.2, -0.15) is 5.10 Å². The fourth-order valence-electron chi connectivity index (χ4n) is 8.63. The van der Waals surface area contributed by atoms with E-state index in [1.54, 1.807) is 0 Å². The van der Waals surface area contributed by atoms with Crippen molar-refractivity contribution in [3.05, 3.63) is 92.0 Å². The number of benzene rings is 2. The maximum absolute atomic E-state index is 13.2. The Bertz CT molecular complexity index is 2320. The number of likely N-dealkylation sites (N-methyl/N-ethyl adjacent to an activating group) is 1. The zero-order chi connectivity index (χ0) is 40.4. The number of aldehydes is 2. The van der Waals surface area contributed by atoms with E-state index in [0.717, 1.165) is 97.2 Å². The summed E-state index contributed by atoms with van der Waals surface area (Å²) in [5, 5.41) is 8.17. The molecule has 0 spiro atoms. The third kappa shape index (κ3) is 8.28. The quantitative estimate of drug-likeness (QED) is 0.0924. The van der Waals surface area contributed by atoms with Crippen LogP contribution >= 0.6 is 23.2 Å². The normalized spacial score (nSPS) is 16.7. The van der Waals surface area contributed by atoms with Gasteiger partial charge in [0, 0.05) is 90.2 Å². The number of fused-ring (bicyclic) bond motifs is 2. The Morgan fingerprint density at radius 3 is 2.32 bits per heavy atom. The van der Waals surface area contributed by atoms with Crippen molar-refractivity contribution in [2.45, 2.75) is 78.9 Å². The maximum atomic E-state index is 13.2. The van der Waals surface area contributed by atoms with Crippen molar-refractivity contribution >= 4 is 63.3 Å². The highest BCUT2D eigenvalue weighted by molar-refractivity contribution is 6.35. The molecular weight excluding hydrogens is 743 g/mol. The predicted molar refractivity (Wildman–Crippen MR) is 232 cm³/mol. The monoisotopic (exact) mass is 798 g/mol. The van der Waals surface area contributed by atoms with E-state index in [-0.39, 0.29) is 12.1 Å². The van der Waals surface area contributed by atoms with Crippen LogP contribution in [0.25, 0.3) is 32.9 Å². The lowest BCUT2D eigenvalue weighted by molar-refractivity contribution is 0.0822. The zero-order valence-electron chi connectivity index (χ0n) is 34.4. The molecule has 11 heteroatoms. The highest BCUT2D eigenvalue weighted by Crippen LogP contribution is 2.43. The Kier molecular flexibility index (Phi) is 13.0. The van der Waals surface area contributed by atoms with E-state index in [0.29, 0.717) is 35.9 Å². The molecule has 0 N–H and O–H groups in total. The van der Waals surface area contributed by atoms with E-state index >= 15 is 0 Å². The summed E-state index contributed by atoms with van der Waals surface area (Å²) in [5.41, 5.74) is 11.2. The van der Waals surface area contributed by atoms with Gasteiger partial charge in [-0.05, 0) is 122 Å². The van der Waals surface area contributed by atoms with Gasteiger partial charge in [0.2, 0.25) is 0 Å². The van der Waals surface area contributed by atoms with Crippen LogP contribution in [0.4, 0.5) is 5.69 Å². The van der Waals surface area contributed by atoms with Gasteiger partial charge in [0.1, 0.15) is 6.29 Å². The molecule has 56 heavy (non-hydrogen) atoms. The number of ether oxygens (including phenoxy) is 1. The Labute approximate surface area is 341 Å². The summed E-state index contributed by atoms with van der Waals surface area (Å²) < 4.78 is 12.4. The number of likely N-dealkylation sites (tertiary alicyclic amines) is 1. The number of hydrogen-bond acceptors (Lipinski definition) is 6. The summed E-state index contributed by atoms with van der Waals surface area (Å²) in [6, 6.07) is 9.60. The summed E-state index contributed by atoms with van der Waals surface area (Å²) in [4.78, 5) is 29.4. The van der Waals surface area contributed by atoms with E-state index in [9.17, 15) is 9.59 Å². The van der Waals surface area contributed by atoms with Gasteiger partial charge in [-0.15, -0.1) is 0 Å². The van der Waals surface area contributed by atoms with Gasteiger partial charge in [-0.3, -0.25) is 14.3 Å². The Hall–Kier alpha value is -4.15. The number of nitrogens with zero attached hydrogens (tertiary/aromatic N) is 6. The molecule has 1 aliphatic carbocycles. The number of rotatable bonds is 12. The van der Waals surface area contributed by atoms with E-state index in [4.69, 9.17) is 33.0 Å². The second-order valence-corrected chi connectivity index (χ2v) is 16.5. The summed E-state index contributed by atoms with van der Waals surface area (Å²) in [5.74, 6) is 0. The van der Waals surface area contributed by atoms with Gasteiger partial charge in [-0.1, -0.05) is 40.9 Å². The average molecular weight is 800 g/mol. The molecular formula is C45H56Cl2N6O3. The number of halogens is 2. The molecule has 3 aromatic heterocycles. The van der Waals surface area contributed by atoms with Gasteiger partial charge in [0.15, 0.2) is 6.29 Å². The summed E-state index contributed by atoms with van der Waals surface area (Å²) in [6.07, 6.45) is 11.0. The van der Waals surface area contributed by atoms with Crippen LogP contribution in [0.5, 0.6) is 0 Å². The van der Waals surface area contributed by atoms with Crippen LogP contribution < -0.4 is 4.90 Å². The first-order valence-electron chi connectivity index (χ1n) is 19.7. The van der Waals surface area contributed by atoms with E-state index in [1.807, 2.05) is 69.9 Å². The van der Waals surface area contributed by atoms with Crippen molar-refractivity contribution in [3.8, 4) is 11.1 Å². The van der Waals surface area contributed by atoms with Crippen LogP contribution in [0.15, 0.2) is 58.8 Å². The summed E-state index contributed by atoms with van der Waals surface area (Å²) in [6.45, 7) is 14.0. The first kappa shape index (κ1) is 41.5. The van der Waals surface area contributed by atoms with Crippen LogP contribution in [0, 0.1) is 13.8 Å². The molecule has 2 aliphatic rings. The third-order valence-corrected chi connectivity index (χ3v) is 12.5. The molecule has 0 saturated carbocycles. The fourth-order valence-corrected chi connectivity index (χ4v) is 9.02. The molecule has 0 radical (unpaired) electrons. The number of carbonyl (C=O) groups excluding carboxylic acids is 2. The highest BCUT2D eigenvalue weighted by Gasteiger charge is 2.28. The van der Waals surface area contributed by atoms with Crippen molar-refractivity contribution in [2.75, 3.05) is 45.2 Å². The molecule has 4 heterocycles. The molecule has 5 aromatic rings. The van der Waals surface area contributed by atoms with Crippen molar-refractivity contribution < 1.29 is 14.3 Å². The average Bonchev–Trinajstić information content (AvgIpc) is 3.93. The minimum absolute atomic E-state index is 0.0152. The number of aryl methyl sites for hydroxylation is 4. The molecule has 1 aliphatic heterocycles. The van der Waals surface area contributed by atoms with Crippen molar-refractivity contribution in [1.29, 1.82) is 0 Å². The van der Waals surface area contributed by atoms with E-state index < -0.39 is 0 Å². The van der Waals surface area contributed by atoms with Gasteiger partial charge in [0.25, 0.3) is 0 Å². The van der Waals surface area contributed by atoms with Gasteiger partial charge in [0.05, 0.1) is 33.7 Å². The molecule has 9 nitrogen and oxygen atoms in total. The molecule has 2 aromatic carbocycles. The topological polar surface area (TPSA) is 77.5 Å². The Morgan fingerprint density at radius 1 is 0.982 bits per heavy atom. The van der Waals surface area contributed by atoms with Crippen LogP contribution in [-0.2, 0) is 25.3 Å². The van der Waals surface area contributed by atoms with Gasteiger partial charge >= 0.3 is 0 Å². The number of hydrogen-bond donors (Lipinski definition) is 0. The highest BCUT2D eigenvalue weighted by atomic mass is 35.5. The molecule has 2 atom stereocenters. The molecule has 1 unspecified atom stereocenters. The standard InChI is InChI=1S/C40H45Cl2N5O3.C5H11N/c1-23-16-29(17-24(2)39(23)42)50-15-9-10-30-31-12-13-33(41)38(37-26(4)43-46(8)27(37)5)40(31)47(36(30)22-49)25(3)19-44(6)35-20-45(7)34-14-11-28(21-48)18-32(34)35;1-6-4-2-3-5-6/h11-14,16,18,20-22,25,29H,9-10,15,17,19H2,1-8H3;2-5H2,1H3/t25-,29?;/m1./s1. The zero-order valence-corrected chi connectivity index (χ0v) is 35.9. The molecule has 298 valence electrons. The minimum atomic E-state index is -0.137. The molecule has 1 saturated heterocycles. The van der Waals surface area contributed by atoms with E-state index in [1.165, 1.54) is 25.9 Å². The van der Waals surface area contributed by atoms with Gasteiger partial charge in [-0.25, -0.2) is 0 Å². The van der Waals surface area contributed by atoms with Crippen LogP contribution in [0.3, 0.4) is 0 Å². The largest absolute Gasteiger partial charge is 0.374 e. The Balaban J connectivity index is 0.000000809. The maximum Gasteiger partial charge on any atom is 0.166 e. The molecule has 1 fully saturated rings. The lowest BCUT2D eigenvalue weighted by atomic mass is 9.98. The smallest absolute Gasteiger partial charge is 0.166 e. The third-order valence-electron chi connectivity index (χ3n) is 11.5. The number of carbonyl (C=O) groups is 2. The first-order chi connectivity index (χ1) is 26.7. The van der Waals surface area contributed by atoms with Crippen LogP contribution in [0.2, 0.25) is 5.02 Å². The van der Waals surface area contributed by atoms with Gasteiger partial charge < -0.3 is 23.7 Å². The first-order valence-corrected chi connectivity index (χ1v) is 20.4. The van der Waals surface area contributed by atoms with Crippen LogP contribution in [-0.4, -0.2) is 82.8 Å². The SMILES string of the molecule is CC1=CC(OCCCc2c(C=O)n([C@H](C)CN(C)c3cn(C)c4ccc(C=O)cc34)c3c(-c4c(C)nn(C)c4C)c(Cl)ccc23)CC(C)=C1Cl.CN1CCCC1. The van der Waals surface area contributed by atoms with Crippen molar-refractivity contribution in [2.24, 2.45) is 14.1 Å². The predicted octanol–water partition coefficient (Wildman–Crippen LogP) is 10.0. The van der Waals surface area contributed by atoms with Crippen molar-refractivity contribution in [3.63, 3.8) is 0 Å². The summed E-state index contributed by atoms with van der Waals surface area (Å²) in [7, 11) is 8.17. The molecule has 0 amide bonds. The Morgan fingerprint density at radius 2 is 1.71 bits per heavy atom. The minimum Gasteiger partial charge on any atom is -0.374 e. The second kappa shape index (κ2) is 17.6. The number of allylic oxidation sites excluding steroid dienone is 2. The summed E-state index contributed by atoms with van der Waals surface area (Å²) >= 11 is 13.5. The molecule has 0 bridgehead atoms. The lowest BCUT2D eigenvalue weighted by Crippen LogP contribution is -2.27. The van der Waals surface area contributed by atoms with Crippen molar-refractivity contribution in [1.82, 2.24) is 23.8 Å². The number of aromatic nitrogens is 4.